The number of sulfone groups is 1. The number of nitrogens with zero attached hydrogens (tertiary/aromatic N) is 2. The Kier molecular flexibility index (Phi) is 4.04. The number of esters is 1. The van der Waals surface area contributed by atoms with Crippen LogP contribution in [0, 0.1) is 6.92 Å². The molecule has 0 saturated carbocycles. The molecule has 0 bridgehead atoms. The summed E-state index contributed by atoms with van der Waals surface area (Å²) in [5, 5.41) is 0.460. The van der Waals surface area contributed by atoms with Crippen molar-refractivity contribution < 1.29 is 22.4 Å². The van der Waals surface area contributed by atoms with Crippen LogP contribution in [0.15, 0.2) is 63.0 Å². The molecule has 0 spiro atoms. The van der Waals surface area contributed by atoms with Gasteiger partial charge in [0.1, 0.15) is 11.3 Å². The number of imidazole rings is 1. The van der Waals surface area contributed by atoms with Gasteiger partial charge in [-0.25, -0.2) is 23.0 Å². The number of carbonyl (C=O) groups excluding carboxylic acids is 1. The van der Waals surface area contributed by atoms with E-state index in [4.69, 9.17) is 9.15 Å². The van der Waals surface area contributed by atoms with E-state index in [9.17, 15) is 18.0 Å². The molecule has 0 aliphatic rings. The van der Waals surface area contributed by atoms with Crippen molar-refractivity contribution in [3.05, 3.63) is 70.3 Å². The van der Waals surface area contributed by atoms with E-state index in [1.807, 2.05) is 0 Å². The minimum atomic E-state index is -3.66. The average Bonchev–Trinajstić information content (AvgIpc) is 3.01. The summed E-state index contributed by atoms with van der Waals surface area (Å²) in [6, 6.07) is 10.9. The van der Waals surface area contributed by atoms with E-state index >= 15 is 0 Å². The molecule has 1 aromatic carbocycles. The Bertz CT molecular complexity index is 1420. The van der Waals surface area contributed by atoms with Gasteiger partial charge in [-0.05, 0) is 36.8 Å². The van der Waals surface area contributed by atoms with E-state index in [0.717, 1.165) is 11.8 Å². The third kappa shape index (κ3) is 3.05. The Morgan fingerprint density at radius 1 is 1.18 bits per heavy atom. The highest BCUT2D eigenvalue weighted by atomic mass is 32.2. The van der Waals surface area contributed by atoms with Crippen LogP contribution in [0.5, 0.6) is 5.75 Å². The fourth-order valence-electron chi connectivity index (χ4n) is 2.95. The molecule has 3 aromatic heterocycles. The average molecular weight is 398 g/mol. The molecule has 0 saturated heterocycles. The molecule has 9 heteroatoms. The fraction of sp³-hybridized carbons (Fsp3) is 0.105. The predicted octanol–water partition coefficient (Wildman–Crippen LogP) is 2.37. The van der Waals surface area contributed by atoms with Crippen LogP contribution in [0.4, 0.5) is 0 Å². The van der Waals surface area contributed by atoms with Gasteiger partial charge in [0.2, 0.25) is 15.0 Å². The number of ether oxygens (including phenoxy) is 1. The zero-order valence-corrected chi connectivity index (χ0v) is 15.7. The third-order valence-electron chi connectivity index (χ3n) is 4.17. The largest absolute Gasteiger partial charge is 0.423 e. The van der Waals surface area contributed by atoms with Crippen molar-refractivity contribution >= 4 is 32.3 Å². The summed E-state index contributed by atoms with van der Waals surface area (Å²) in [5.74, 6) is -0.683. The number of carbonyl (C=O) groups is 1. The molecular formula is C19H14N2O6S. The molecule has 8 nitrogen and oxygen atoms in total. The minimum absolute atomic E-state index is 0.133. The van der Waals surface area contributed by atoms with Crippen molar-refractivity contribution in [2.45, 2.75) is 12.1 Å². The number of hydrogen-bond acceptors (Lipinski definition) is 7. The lowest BCUT2D eigenvalue weighted by Gasteiger charge is -2.05. The van der Waals surface area contributed by atoms with Crippen molar-refractivity contribution in [3.63, 3.8) is 0 Å². The van der Waals surface area contributed by atoms with Gasteiger partial charge in [0.25, 0.3) is 0 Å². The van der Waals surface area contributed by atoms with Gasteiger partial charge in [0.15, 0.2) is 5.69 Å². The molecule has 0 N–H and O–H groups in total. The predicted molar refractivity (Wildman–Crippen MR) is 100 cm³/mol. The summed E-state index contributed by atoms with van der Waals surface area (Å²) in [5.41, 5.74) is 0.679. The van der Waals surface area contributed by atoms with Crippen molar-refractivity contribution in [2.24, 2.45) is 0 Å². The van der Waals surface area contributed by atoms with Gasteiger partial charge in [-0.1, -0.05) is 6.07 Å². The first-order valence-corrected chi connectivity index (χ1v) is 10.1. The second kappa shape index (κ2) is 6.31. The number of aryl methyl sites for hydroxylation is 1. The monoisotopic (exact) mass is 398 g/mol. The van der Waals surface area contributed by atoms with Crippen LogP contribution < -0.4 is 10.4 Å². The molecular weight excluding hydrogens is 384 g/mol. The van der Waals surface area contributed by atoms with Crippen molar-refractivity contribution in [1.82, 2.24) is 9.38 Å². The second-order valence-corrected chi connectivity index (χ2v) is 8.18. The Labute approximate surface area is 158 Å². The minimum Gasteiger partial charge on any atom is -0.423 e. The first-order chi connectivity index (χ1) is 13.2. The van der Waals surface area contributed by atoms with Gasteiger partial charge in [0.05, 0.1) is 5.52 Å². The molecule has 0 aliphatic carbocycles. The summed E-state index contributed by atoms with van der Waals surface area (Å²) in [4.78, 5) is 28.2. The standard InChI is InChI=1S/C19H14N2O6S/c1-11-9-16(22)27-15-10-12(6-7-13(11)15)26-18(23)17-14-5-3-4-8-21(14)19(20-17)28(2,24)25/h3-10H,1-2H3. The lowest BCUT2D eigenvalue weighted by molar-refractivity contribution is 0.0731. The molecule has 0 aliphatic heterocycles. The van der Waals surface area contributed by atoms with Crippen LogP contribution in [-0.2, 0) is 9.84 Å². The molecule has 0 unspecified atom stereocenters. The quantitative estimate of drug-likeness (QED) is 0.296. The second-order valence-electron chi connectivity index (χ2n) is 6.27. The van der Waals surface area contributed by atoms with Gasteiger partial charge in [0, 0.05) is 30.0 Å². The Morgan fingerprint density at radius 2 is 1.96 bits per heavy atom. The third-order valence-corrected chi connectivity index (χ3v) is 5.13. The maximum Gasteiger partial charge on any atom is 0.364 e. The zero-order chi connectivity index (χ0) is 20.1. The number of benzene rings is 1. The fourth-order valence-corrected chi connectivity index (χ4v) is 3.72. The van der Waals surface area contributed by atoms with E-state index in [1.54, 1.807) is 37.3 Å². The smallest absolute Gasteiger partial charge is 0.364 e. The van der Waals surface area contributed by atoms with Crippen LogP contribution in [-0.4, -0.2) is 30.0 Å². The van der Waals surface area contributed by atoms with E-state index in [2.05, 4.69) is 4.98 Å². The van der Waals surface area contributed by atoms with Gasteiger partial charge in [-0.3, -0.25) is 4.40 Å². The maximum atomic E-state index is 12.7. The van der Waals surface area contributed by atoms with Crippen LogP contribution in [0.1, 0.15) is 16.1 Å². The normalized spacial score (nSPS) is 11.8. The van der Waals surface area contributed by atoms with Gasteiger partial charge in [-0.15, -0.1) is 0 Å². The molecule has 3 heterocycles. The topological polar surface area (TPSA) is 108 Å². The van der Waals surface area contributed by atoms with Gasteiger partial charge < -0.3 is 9.15 Å². The lowest BCUT2D eigenvalue weighted by Crippen LogP contribution is -2.10. The van der Waals surface area contributed by atoms with Crippen LogP contribution in [0.3, 0.4) is 0 Å². The lowest BCUT2D eigenvalue weighted by atomic mass is 10.1. The molecule has 0 fully saturated rings. The van der Waals surface area contributed by atoms with Gasteiger partial charge >= 0.3 is 11.6 Å². The van der Waals surface area contributed by atoms with Crippen LogP contribution >= 0.6 is 0 Å². The molecule has 142 valence electrons. The Balaban J connectivity index is 1.77. The number of pyridine rings is 1. The van der Waals surface area contributed by atoms with Crippen LogP contribution in [0.25, 0.3) is 16.5 Å². The summed E-state index contributed by atoms with van der Waals surface area (Å²) >= 11 is 0. The molecule has 0 radical (unpaired) electrons. The number of aromatic nitrogens is 2. The number of fused-ring (bicyclic) bond motifs is 2. The zero-order valence-electron chi connectivity index (χ0n) is 14.9. The summed E-state index contributed by atoms with van der Waals surface area (Å²) < 4.78 is 35.8. The SMILES string of the molecule is Cc1cc(=O)oc2cc(OC(=O)c3nc(S(C)(=O)=O)n4ccccc34)ccc12. The van der Waals surface area contributed by atoms with Crippen molar-refractivity contribution in [1.29, 1.82) is 0 Å². The molecule has 4 rings (SSSR count). The first kappa shape index (κ1) is 17.9. The first-order valence-electron chi connectivity index (χ1n) is 8.18. The molecule has 0 amide bonds. The highest BCUT2D eigenvalue weighted by Gasteiger charge is 2.24. The molecule has 28 heavy (non-hydrogen) atoms. The number of rotatable bonds is 3. The molecule has 4 aromatic rings. The highest BCUT2D eigenvalue weighted by Crippen LogP contribution is 2.24. The Hall–Kier alpha value is -3.46. The van der Waals surface area contributed by atoms with E-state index in [1.165, 1.54) is 22.7 Å². The van der Waals surface area contributed by atoms with Gasteiger partial charge in [-0.2, -0.15) is 0 Å². The van der Waals surface area contributed by atoms with Crippen molar-refractivity contribution in [3.8, 4) is 5.75 Å². The number of hydrogen-bond donors (Lipinski definition) is 0. The van der Waals surface area contributed by atoms with Crippen molar-refractivity contribution in [2.75, 3.05) is 6.26 Å². The van der Waals surface area contributed by atoms with E-state index in [-0.39, 0.29) is 22.2 Å². The summed E-state index contributed by atoms with van der Waals surface area (Å²) in [6.45, 7) is 1.77. The summed E-state index contributed by atoms with van der Waals surface area (Å²) in [7, 11) is -3.66. The highest BCUT2D eigenvalue weighted by molar-refractivity contribution is 7.90. The maximum absolute atomic E-state index is 12.7. The van der Waals surface area contributed by atoms with Crippen LogP contribution in [0.2, 0.25) is 0 Å². The molecule has 0 atom stereocenters. The van der Waals surface area contributed by atoms with E-state index in [0.29, 0.717) is 10.9 Å². The van der Waals surface area contributed by atoms with E-state index < -0.39 is 21.4 Å². The summed E-state index contributed by atoms with van der Waals surface area (Å²) in [6.07, 6.45) is 2.51. The Morgan fingerprint density at radius 3 is 2.71 bits per heavy atom.